The van der Waals surface area contributed by atoms with E-state index in [9.17, 15) is 0 Å². The maximum atomic E-state index is 4.73. The first-order valence-electron chi connectivity index (χ1n) is 9.60. The molecule has 144 valence electrons. The molecule has 5 heteroatoms. The van der Waals surface area contributed by atoms with E-state index in [0.717, 1.165) is 28.5 Å². The molecule has 0 spiro atoms. The average Bonchev–Trinajstić information content (AvgIpc) is 2.76. The van der Waals surface area contributed by atoms with Crippen molar-refractivity contribution in [3.05, 3.63) is 95.8 Å². The van der Waals surface area contributed by atoms with Gasteiger partial charge in [-0.3, -0.25) is 4.98 Å². The SMILES string of the molecule is Cc1ccc(Nc2nc(NCc3ccccn3)cc(-c3ccccc3)n2)cc1C. The van der Waals surface area contributed by atoms with Crippen LogP contribution in [0.3, 0.4) is 0 Å². The van der Waals surface area contributed by atoms with Gasteiger partial charge < -0.3 is 10.6 Å². The van der Waals surface area contributed by atoms with E-state index in [2.05, 4.69) is 46.6 Å². The molecule has 2 N–H and O–H groups in total. The van der Waals surface area contributed by atoms with Crippen LogP contribution >= 0.6 is 0 Å². The molecule has 0 unspecified atom stereocenters. The first-order valence-corrected chi connectivity index (χ1v) is 9.60. The molecular formula is C24H23N5. The molecule has 0 fully saturated rings. The Kier molecular flexibility index (Phi) is 5.47. The minimum Gasteiger partial charge on any atom is -0.364 e. The molecule has 0 radical (unpaired) electrons. The monoisotopic (exact) mass is 381 g/mol. The van der Waals surface area contributed by atoms with E-state index in [4.69, 9.17) is 4.98 Å². The third kappa shape index (κ3) is 4.76. The minimum absolute atomic E-state index is 0.554. The molecule has 2 aromatic heterocycles. The van der Waals surface area contributed by atoms with Crippen molar-refractivity contribution in [3.8, 4) is 11.3 Å². The zero-order chi connectivity index (χ0) is 20.1. The summed E-state index contributed by atoms with van der Waals surface area (Å²) in [6.45, 7) is 4.79. The summed E-state index contributed by atoms with van der Waals surface area (Å²) in [7, 11) is 0. The zero-order valence-corrected chi connectivity index (χ0v) is 16.6. The largest absolute Gasteiger partial charge is 0.364 e. The quantitative estimate of drug-likeness (QED) is 0.461. The maximum absolute atomic E-state index is 4.73. The number of aromatic nitrogens is 3. The Labute approximate surface area is 170 Å². The summed E-state index contributed by atoms with van der Waals surface area (Å²) >= 11 is 0. The summed E-state index contributed by atoms with van der Waals surface area (Å²) < 4.78 is 0. The lowest BCUT2D eigenvalue weighted by molar-refractivity contribution is 1.02. The van der Waals surface area contributed by atoms with Gasteiger partial charge in [-0.1, -0.05) is 42.5 Å². The van der Waals surface area contributed by atoms with Gasteiger partial charge in [0.05, 0.1) is 17.9 Å². The highest BCUT2D eigenvalue weighted by Gasteiger charge is 2.08. The summed E-state index contributed by atoms with van der Waals surface area (Å²) in [6, 6.07) is 24.2. The van der Waals surface area contributed by atoms with Gasteiger partial charge in [-0.2, -0.15) is 4.98 Å². The molecule has 0 saturated carbocycles. The number of hydrogen-bond acceptors (Lipinski definition) is 5. The standard InChI is InChI=1S/C24H23N5/c1-17-11-12-20(14-18(17)2)27-24-28-22(19-8-4-3-5-9-19)15-23(29-24)26-16-21-10-6-7-13-25-21/h3-15H,16H2,1-2H3,(H2,26,27,28,29). The van der Waals surface area contributed by atoms with Crippen LogP contribution in [0.15, 0.2) is 79.0 Å². The van der Waals surface area contributed by atoms with Crippen molar-refractivity contribution in [3.63, 3.8) is 0 Å². The van der Waals surface area contributed by atoms with Crippen molar-refractivity contribution in [2.24, 2.45) is 0 Å². The Morgan fingerprint density at radius 2 is 1.62 bits per heavy atom. The van der Waals surface area contributed by atoms with E-state index in [1.807, 2.05) is 60.7 Å². The van der Waals surface area contributed by atoms with Crippen LogP contribution in [-0.4, -0.2) is 15.0 Å². The maximum Gasteiger partial charge on any atom is 0.229 e. The number of pyridine rings is 1. The molecule has 0 aliphatic heterocycles. The third-order valence-electron chi connectivity index (χ3n) is 4.74. The number of hydrogen-bond donors (Lipinski definition) is 2. The molecule has 0 bridgehead atoms. The van der Waals surface area contributed by atoms with Gasteiger partial charge in [0.2, 0.25) is 5.95 Å². The highest BCUT2D eigenvalue weighted by molar-refractivity contribution is 5.66. The van der Waals surface area contributed by atoms with Crippen LogP contribution in [0.2, 0.25) is 0 Å². The van der Waals surface area contributed by atoms with E-state index < -0.39 is 0 Å². The number of anilines is 3. The highest BCUT2D eigenvalue weighted by Crippen LogP contribution is 2.24. The normalized spacial score (nSPS) is 10.6. The lowest BCUT2D eigenvalue weighted by atomic mass is 10.1. The van der Waals surface area contributed by atoms with Crippen molar-refractivity contribution in [1.29, 1.82) is 0 Å². The number of nitrogens with one attached hydrogen (secondary N) is 2. The molecule has 2 heterocycles. The second-order valence-electron chi connectivity index (χ2n) is 6.93. The van der Waals surface area contributed by atoms with Crippen LogP contribution in [0.1, 0.15) is 16.8 Å². The molecule has 4 aromatic rings. The zero-order valence-electron chi connectivity index (χ0n) is 16.6. The van der Waals surface area contributed by atoms with Gasteiger partial charge in [0.1, 0.15) is 5.82 Å². The molecular weight excluding hydrogens is 358 g/mol. The predicted octanol–water partition coefficient (Wildman–Crippen LogP) is 5.51. The van der Waals surface area contributed by atoms with Gasteiger partial charge in [-0.25, -0.2) is 4.98 Å². The smallest absolute Gasteiger partial charge is 0.229 e. The van der Waals surface area contributed by atoms with Crippen LogP contribution in [-0.2, 0) is 6.54 Å². The molecule has 0 atom stereocenters. The number of benzene rings is 2. The van der Waals surface area contributed by atoms with Crippen molar-refractivity contribution >= 4 is 17.5 Å². The number of rotatable bonds is 6. The fourth-order valence-corrected chi connectivity index (χ4v) is 2.98. The first-order chi connectivity index (χ1) is 14.2. The summed E-state index contributed by atoms with van der Waals surface area (Å²) in [4.78, 5) is 13.7. The Balaban J connectivity index is 1.64. The molecule has 0 amide bonds. The van der Waals surface area contributed by atoms with Gasteiger partial charge in [0.15, 0.2) is 0 Å². The molecule has 0 aliphatic rings. The van der Waals surface area contributed by atoms with E-state index in [1.54, 1.807) is 6.20 Å². The fourth-order valence-electron chi connectivity index (χ4n) is 2.98. The number of nitrogens with zero attached hydrogens (tertiary/aromatic N) is 3. The van der Waals surface area contributed by atoms with Crippen molar-refractivity contribution < 1.29 is 0 Å². The van der Waals surface area contributed by atoms with Crippen LogP contribution in [0.4, 0.5) is 17.5 Å². The van der Waals surface area contributed by atoms with Gasteiger partial charge in [0.25, 0.3) is 0 Å². The van der Waals surface area contributed by atoms with Crippen molar-refractivity contribution in [1.82, 2.24) is 15.0 Å². The molecule has 5 nitrogen and oxygen atoms in total. The van der Waals surface area contributed by atoms with E-state index >= 15 is 0 Å². The topological polar surface area (TPSA) is 62.7 Å². The average molecular weight is 381 g/mol. The molecule has 0 saturated heterocycles. The molecule has 0 aliphatic carbocycles. The van der Waals surface area contributed by atoms with Gasteiger partial charge in [-0.05, 0) is 49.2 Å². The lowest BCUT2D eigenvalue weighted by Gasteiger charge is -2.12. The highest BCUT2D eigenvalue weighted by atomic mass is 15.1. The summed E-state index contributed by atoms with van der Waals surface area (Å²) in [6.07, 6.45) is 1.79. The fraction of sp³-hybridized carbons (Fsp3) is 0.125. The Morgan fingerprint density at radius 3 is 2.38 bits per heavy atom. The van der Waals surface area contributed by atoms with Gasteiger partial charge >= 0.3 is 0 Å². The molecule has 2 aromatic carbocycles. The lowest BCUT2D eigenvalue weighted by Crippen LogP contribution is -2.06. The second-order valence-corrected chi connectivity index (χ2v) is 6.93. The first kappa shape index (κ1) is 18.6. The predicted molar refractivity (Wildman–Crippen MR) is 118 cm³/mol. The van der Waals surface area contributed by atoms with Crippen LogP contribution < -0.4 is 10.6 Å². The minimum atomic E-state index is 0.554. The van der Waals surface area contributed by atoms with Gasteiger partial charge in [0, 0.05) is 23.5 Å². The van der Waals surface area contributed by atoms with E-state index in [-0.39, 0.29) is 0 Å². The van der Waals surface area contributed by atoms with Crippen LogP contribution in [0.25, 0.3) is 11.3 Å². The summed E-state index contributed by atoms with van der Waals surface area (Å²) in [5, 5.41) is 6.71. The Hall–Kier alpha value is -3.73. The summed E-state index contributed by atoms with van der Waals surface area (Å²) in [5.41, 5.74) is 6.30. The van der Waals surface area contributed by atoms with E-state index in [0.29, 0.717) is 12.5 Å². The van der Waals surface area contributed by atoms with Crippen molar-refractivity contribution in [2.75, 3.05) is 10.6 Å². The summed E-state index contributed by atoms with van der Waals surface area (Å²) in [5.74, 6) is 1.30. The molecule has 4 rings (SSSR count). The van der Waals surface area contributed by atoms with Crippen LogP contribution in [0, 0.1) is 13.8 Å². The molecule has 29 heavy (non-hydrogen) atoms. The Morgan fingerprint density at radius 1 is 0.793 bits per heavy atom. The van der Waals surface area contributed by atoms with Crippen molar-refractivity contribution in [2.45, 2.75) is 20.4 Å². The van der Waals surface area contributed by atoms with E-state index in [1.165, 1.54) is 11.1 Å². The van der Waals surface area contributed by atoms with Gasteiger partial charge in [-0.15, -0.1) is 0 Å². The number of aryl methyl sites for hydroxylation is 2. The Bertz CT molecular complexity index is 1090. The third-order valence-corrected chi connectivity index (χ3v) is 4.74. The van der Waals surface area contributed by atoms with Crippen LogP contribution in [0.5, 0.6) is 0 Å². The second kappa shape index (κ2) is 8.52.